The molecule has 0 heterocycles. The first-order valence-corrected chi connectivity index (χ1v) is 4.10. The number of rotatable bonds is 7. The van der Waals surface area contributed by atoms with E-state index in [0.29, 0.717) is 25.9 Å². The van der Waals surface area contributed by atoms with E-state index >= 15 is 0 Å². The summed E-state index contributed by atoms with van der Waals surface area (Å²) in [7, 11) is 1.60. The standard InChI is InChI=1S/C9H17NO2/c1-3-4-5-9(11)8(10)6-7-12-2/h3,8H,1,4-7,10H2,2H3. The highest BCUT2D eigenvalue weighted by molar-refractivity contribution is 5.83. The van der Waals surface area contributed by atoms with E-state index in [2.05, 4.69) is 6.58 Å². The first-order valence-electron chi connectivity index (χ1n) is 4.10. The molecule has 0 aliphatic carbocycles. The summed E-state index contributed by atoms with van der Waals surface area (Å²) in [6, 6.07) is -0.370. The number of ketones is 1. The van der Waals surface area contributed by atoms with Crippen LogP contribution in [-0.4, -0.2) is 25.5 Å². The fourth-order valence-corrected chi connectivity index (χ4v) is 0.836. The molecule has 0 aromatic rings. The van der Waals surface area contributed by atoms with Crippen molar-refractivity contribution >= 4 is 5.78 Å². The van der Waals surface area contributed by atoms with Gasteiger partial charge in [0.2, 0.25) is 0 Å². The summed E-state index contributed by atoms with van der Waals surface area (Å²) in [6.07, 6.45) is 3.53. The quantitative estimate of drug-likeness (QED) is 0.579. The maximum atomic E-state index is 11.2. The topological polar surface area (TPSA) is 52.3 Å². The fourth-order valence-electron chi connectivity index (χ4n) is 0.836. The molecule has 0 spiro atoms. The van der Waals surface area contributed by atoms with Crippen molar-refractivity contribution in [2.75, 3.05) is 13.7 Å². The Balaban J connectivity index is 3.53. The molecular formula is C9H17NO2. The number of allylic oxidation sites excluding steroid dienone is 1. The lowest BCUT2D eigenvalue weighted by molar-refractivity contribution is -0.120. The summed E-state index contributed by atoms with van der Waals surface area (Å²) in [5, 5.41) is 0. The van der Waals surface area contributed by atoms with Crippen molar-refractivity contribution in [2.45, 2.75) is 25.3 Å². The maximum Gasteiger partial charge on any atom is 0.149 e. The van der Waals surface area contributed by atoms with Gasteiger partial charge in [0.15, 0.2) is 0 Å². The number of nitrogens with two attached hydrogens (primary N) is 1. The summed E-state index contributed by atoms with van der Waals surface area (Å²) in [5.41, 5.74) is 5.58. The first kappa shape index (κ1) is 11.3. The first-order chi connectivity index (χ1) is 5.72. The molecule has 3 heteroatoms. The monoisotopic (exact) mass is 171 g/mol. The van der Waals surface area contributed by atoms with Gasteiger partial charge in [-0.2, -0.15) is 0 Å². The second-order valence-electron chi connectivity index (χ2n) is 2.68. The van der Waals surface area contributed by atoms with E-state index in [1.54, 1.807) is 13.2 Å². The largest absolute Gasteiger partial charge is 0.385 e. The minimum absolute atomic E-state index is 0.0898. The Labute approximate surface area is 73.6 Å². The predicted octanol–water partition coefficient (Wildman–Crippen LogP) is 0.886. The molecule has 2 N–H and O–H groups in total. The Bertz CT molecular complexity index is 145. The van der Waals surface area contributed by atoms with Gasteiger partial charge < -0.3 is 10.5 Å². The molecular weight excluding hydrogens is 154 g/mol. The Morgan fingerprint density at radius 1 is 1.75 bits per heavy atom. The molecule has 0 amide bonds. The number of carbonyl (C=O) groups excluding carboxylic acids is 1. The van der Waals surface area contributed by atoms with Crippen LogP contribution in [0.15, 0.2) is 12.7 Å². The lowest BCUT2D eigenvalue weighted by atomic mass is 10.1. The Hall–Kier alpha value is -0.670. The van der Waals surface area contributed by atoms with Crippen LogP contribution in [-0.2, 0) is 9.53 Å². The van der Waals surface area contributed by atoms with Gasteiger partial charge in [-0.1, -0.05) is 6.08 Å². The van der Waals surface area contributed by atoms with Crippen molar-refractivity contribution in [3.63, 3.8) is 0 Å². The predicted molar refractivity (Wildman–Crippen MR) is 48.9 cm³/mol. The zero-order valence-corrected chi connectivity index (χ0v) is 7.58. The maximum absolute atomic E-state index is 11.2. The normalized spacial score (nSPS) is 12.5. The molecule has 0 fully saturated rings. The molecule has 1 atom stereocenters. The second-order valence-corrected chi connectivity index (χ2v) is 2.68. The molecule has 1 unspecified atom stereocenters. The Kier molecular flexibility index (Phi) is 6.61. The third kappa shape index (κ3) is 5.04. The zero-order valence-electron chi connectivity index (χ0n) is 7.58. The van der Waals surface area contributed by atoms with E-state index in [-0.39, 0.29) is 11.8 Å². The van der Waals surface area contributed by atoms with Gasteiger partial charge >= 0.3 is 0 Å². The average molecular weight is 171 g/mol. The average Bonchev–Trinajstić information content (AvgIpc) is 2.10. The summed E-state index contributed by atoms with van der Waals surface area (Å²) in [6.45, 7) is 4.08. The molecule has 0 aliphatic heterocycles. The number of hydrogen-bond acceptors (Lipinski definition) is 3. The van der Waals surface area contributed by atoms with Crippen LogP contribution in [0.2, 0.25) is 0 Å². The van der Waals surface area contributed by atoms with Crippen LogP contribution < -0.4 is 5.73 Å². The smallest absolute Gasteiger partial charge is 0.149 e. The molecule has 0 rings (SSSR count). The minimum Gasteiger partial charge on any atom is -0.385 e. The molecule has 0 aromatic heterocycles. The summed E-state index contributed by atoms with van der Waals surface area (Å²) < 4.78 is 4.81. The van der Waals surface area contributed by atoms with Gasteiger partial charge in [-0.25, -0.2) is 0 Å². The van der Waals surface area contributed by atoms with E-state index in [0.717, 1.165) is 0 Å². The van der Waals surface area contributed by atoms with Crippen molar-refractivity contribution in [1.29, 1.82) is 0 Å². The van der Waals surface area contributed by atoms with Crippen LogP contribution in [0.1, 0.15) is 19.3 Å². The van der Waals surface area contributed by atoms with E-state index in [1.165, 1.54) is 0 Å². The Morgan fingerprint density at radius 2 is 2.42 bits per heavy atom. The van der Waals surface area contributed by atoms with Crippen LogP contribution >= 0.6 is 0 Å². The highest BCUT2D eigenvalue weighted by atomic mass is 16.5. The lowest BCUT2D eigenvalue weighted by Gasteiger charge is -2.08. The van der Waals surface area contributed by atoms with Crippen molar-refractivity contribution < 1.29 is 9.53 Å². The van der Waals surface area contributed by atoms with Crippen molar-refractivity contribution in [2.24, 2.45) is 5.73 Å². The number of hydrogen-bond donors (Lipinski definition) is 1. The third-order valence-corrected chi connectivity index (χ3v) is 1.64. The summed E-state index contributed by atoms with van der Waals surface area (Å²) in [4.78, 5) is 11.2. The lowest BCUT2D eigenvalue weighted by Crippen LogP contribution is -2.31. The van der Waals surface area contributed by atoms with Crippen molar-refractivity contribution in [3.8, 4) is 0 Å². The van der Waals surface area contributed by atoms with E-state index in [1.807, 2.05) is 0 Å². The van der Waals surface area contributed by atoms with Gasteiger partial charge in [-0.3, -0.25) is 4.79 Å². The molecule has 0 aliphatic rings. The molecule has 0 bridgehead atoms. The zero-order chi connectivity index (χ0) is 9.40. The minimum atomic E-state index is -0.370. The van der Waals surface area contributed by atoms with Gasteiger partial charge in [-0.05, 0) is 12.8 Å². The second kappa shape index (κ2) is 7.00. The molecule has 0 radical (unpaired) electrons. The molecule has 3 nitrogen and oxygen atoms in total. The van der Waals surface area contributed by atoms with Crippen molar-refractivity contribution in [1.82, 2.24) is 0 Å². The molecule has 0 saturated heterocycles. The fraction of sp³-hybridized carbons (Fsp3) is 0.667. The van der Waals surface area contributed by atoms with Gasteiger partial charge in [0, 0.05) is 20.1 Å². The molecule has 0 saturated carbocycles. The van der Waals surface area contributed by atoms with Crippen LogP contribution in [0, 0.1) is 0 Å². The van der Waals surface area contributed by atoms with E-state index < -0.39 is 0 Å². The number of carbonyl (C=O) groups is 1. The highest BCUT2D eigenvalue weighted by Gasteiger charge is 2.11. The summed E-state index contributed by atoms with van der Waals surface area (Å²) >= 11 is 0. The van der Waals surface area contributed by atoms with E-state index in [9.17, 15) is 4.79 Å². The number of Topliss-reactive ketones (excluding diaryl/α,β-unsaturated/α-hetero) is 1. The molecule has 0 aromatic carbocycles. The van der Waals surface area contributed by atoms with Gasteiger partial charge in [-0.15, -0.1) is 6.58 Å². The third-order valence-electron chi connectivity index (χ3n) is 1.64. The highest BCUT2D eigenvalue weighted by Crippen LogP contribution is 1.98. The van der Waals surface area contributed by atoms with Gasteiger partial charge in [0.1, 0.15) is 5.78 Å². The summed E-state index contributed by atoms with van der Waals surface area (Å²) in [5.74, 6) is 0.0898. The SMILES string of the molecule is C=CCCC(=O)C(N)CCOC. The van der Waals surface area contributed by atoms with Gasteiger partial charge in [0.05, 0.1) is 6.04 Å². The van der Waals surface area contributed by atoms with Crippen LogP contribution in [0.4, 0.5) is 0 Å². The Morgan fingerprint density at radius 3 is 2.92 bits per heavy atom. The van der Waals surface area contributed by atoms with Crippen LogP contribution in [0.25, 0.3) is 0 Å². The molecule has 12 heavy (non-hydrogen) atoms. The number of ether oxygens (including phenoxy) is 1. The van der Waals surface area contributed by atoms with Crippen molar-refractivity contribution in [3.05, 3.63) is 12.7 Å². The number of methoxy groups -OCH3 is 1. The van der Waals surface area contributed by atoms with E-state index in [4.69, 9.17) is 10.5 Å². The van der Waals surface area contributed by atoms with Crippen LogP contribution in [0.3, 0.4) is 0 Å². The van der Waals surface area contributed by atoms with Crippen LogP contribution in [0.5, 0.6) is 0 Å². The van der Waals surface area contributed by atoms with Gasteiger partial charge in [0.25, 0.3) is 0 Å². The molecule has 70 valence electrons.